The third kappa shape index (κ3) is 5.17. The van der Waals surface area contributed by atoms with E-state index in [0.717, 1.165) is 22.7 Å². The third-order valence-electron chi connectivity index (χ3n) is 13.9. The van der Waals surface area contributed by atoms with Gasteiger partial charge in [-0.1, -0.05) is 125 Å². The number of nitrogens with zero attached hydrogens (tertiary/aromatic N) is 4. The Balaban J connectivity index is 1.16. The zero-order valence-corrected chi connectivity index (χ0v) is 36.4. The maximum Gasteiger partial charge on any atom is 0.0641 e. The van der Waals surface area contributed by atoms with Crippen molar-refractivity contribution in [2.45, 2.75) is 39.5 Å². The second-order valence-corrected chi connectivity index (χ2v) is 18.1. The molecule has 306 valence electrons. The summed E-state index contributed by atoms with van der Waals surface area (Å²) in [5.41, 5.74) is 17.1. The molecule has 0 atom stereocenters. The summed E-state index contributed by atoms with van der Waals surface area (Å²) in [7, 11) is 0. The van der Waals surface area contributed by atoms with Crippen LogP contribution in [0.3, 0.4) is 0 Å². The van der Waals surface area contributed by atoms with Crippen LogP contribution in [0.15, 0.2) is 194 Å². The van der Waals surface area contributed by atoms with Crippen LogP contribution in [0.2, 0.25) is 0 Å². The highest BCUT2D eigenvalue weighted by molar-refractivity contribution is 6.32. The molecule has 13 aromatic rings. The summed E-state index contributed by atoms with van der Waals surface area (Å²) in [5.74, 6) is 0.803. The third-order valence-corrected chi connectivity index (χ3v) is 13.9. The summed E-state index contributed by atoms with van der Waals surface area (Å²) in [6, 6.07) is 72.1. The fraction of sp³-hybridized carbons (Fsp3) is 0.100. The molecule has 0 aliphatic rings. The quantitative estimate of drug-likeness (QED) is 0.152. The zero-order valence-electron chi connectivity index (χ0n) is 36.4. The van der Waals surface area contributed by atoms with E-state index < -0.39 is 0 Å². The molecule has 4 heteroatoms. The summed E-state index contributed by atoms with van der Waals surface area (Å²) in [6.07, 6.45) is 0. The molecule has 0 fully saturated rings. The lowest BCUT2D eigenvalue weighted by molar-refractivity contribution is 0.868. The largest absolute Gasteiger partial charge is 0.310 e. The van der Waals surface area contributed by atoms with Gasteiger partial charge in [0.15, 0.2) is 0 Å². The van der Waals surface area contributed by atoms with E-state index in [4.69, 9.17) is 0 Å². The van der Waals surface area contributed by atoms with E-state index in [1.165, 1.54) is 98.7 Å². The number of benzene rings is 9. The first-order chi connectivity index (χ1) is 31.4. The van der Waals surface area contributed by atoms with Crippen molar-refractivity contribution in [1.29, 1.82) is 0 Å². The van der Waals surface area contributed by atoms with Gasteiger partial charge in [0.25, 0.3) is 0 Å². The molecule has 4 nitrogen and oxygen atoms in total. The van der Waals surface area contributed by atoms with Gasteiger partial charge in [-0.25, -0.2) is 0 Å². The van der Waals surface area contributed by atoms with Crippen LogP contribution >= 0.6 is 0 Å². The average molecular weight is 823 g/mol. The van der Waals surface area contributed by atoms with Crippen LogP contribution in [0, 0.1) is 0 Å². The summed E-state index contributed by atoms with van der Waals surface area (Å²) in [4.78, 5) is 4.87. The van der Waals surface area contributed by atoms with E-state index in [9.17, 15) is 0 Å². The van der Waals surface area contributed by atoms with Gasteiger partial charge in [-0.3, -0.25) is 0 Å². The van der Waals surface area contributed by atoms with Gasteiger partial charge >= 0.3 is 0 Å². The lowest BCUT2D eigenvalue weighted by atomic mass is 9.98. The first-order valence-electron chi connectivity index (χ1n) is 22.7. The minimum absolute atomic E-state index is 0.401. The number of hydrogen-bond acceptors (Lipinski definition) is 2. The van der Waals surface area contributed by atoms with Crippen molar-refractivity contribution >= 4 is 110 Å². The number of rotatable bonds is 8. The van der Waals surface area contributed by atoms with Crippen LogP contribution in [0.1, 0.15) is 50.7 Å². The first-order valence-corrected chi connectivity index (χ1v) is 22.7. The molecule has 0 amide bonds. The Labute approximate surface area is 372 Å². The molecule has 4 heterocycles. The highest BCUT2D eigenvalue weighted by Gasteiger charge is 2.28. The van der Waals surface area contributed by atoms with Gasteiger partial charge in [0.05, 0.1) is 44.5 Å². The fourth-order valence-corrected chi connectivity index (χ4v) is 10.9. The Bertz CT molecular complexity index is 3550. The topological polar surface area (TPSA) is 15.3 Å². The SMILES string of the molecule is CC(C)c1ccc2c(c1)c1c(N(c3ccccc3)c3ccccc3)ccc3c4cc5c(cc4n2c31)c1ccc(N(c2ccccc2)c2ccccc2)c2c3cc(C(C)C)ccc3n5c12. The van der Waals surface area contributed by atoms with Crippen LogP contribution in [-0.2, 0) is 0 Å². The highest BCUT2D eigenvalue weighted by Crippen LogP contribution is 2.51. The molecule has 0 spiro atoms. The Morgan fingerprint density at radius 1 is 0.312 bits per heavy atom. The second-order valence-electron chi connectivity index (χ2n) is 18.1. The summed E-state index contributed by atoms with van der Waals surface area (Å²) >= 11 is 0. The van der Waals surface area contributed by atoms with Gasteiger partial charge < -0.3 is 18.6 Å². The number of fused-ring (bicyclic) bond motifs is 12. The standard InChI is InChI=1S/C60H46N4/c1-37(2)39-25-29-51-49(33-39)57-53(61(41-17-9-5-10-18-41)42-19-11-6-12-20-42)31-27-45-47-36-56-48(35-55(47)63(51)59(45)57)46-28-32-54(62(43-21-13-7-14-22-43)44-23-15-8-16-24-44)58-50-34-40(38(3)4)26-30-52(50)64(56)60(46)58/h5-38H,1-4H3. The van der Waals surface area contributed by atoms with Crippen LogP contribution in [0.5, 0.6) is 0 Å². The van der Waals surface area contributed by atoms with Crippen molar-refractivity contribution in [3.05, 3.63) is 205 Å². The van der Waals surface area contributed by atoms with E-state index in [1.54, 1.807) is 0 Å². The fourth-order valence-electron chi connectivity index (χ4n) is 10.9. The van der Waals surface area contributed by atoms with Gasteiger partial charge in [-0.05, 0) is 120 Å². The van der Waals surface area contributed by atoms with E-state index in [-0.39, 0.29) is 0 Å². The molecule has 0 bridgehead atoms. The van der Waals surface area contributed by atoms with Crippen molar-refractivity contribution in [3.8, 4) is 0 Å². The number of aromatic nitrogens is 2. The molecule has 4 aromatic heterocycles. The van der Waals surface area contributed by atoms with E-state index in [2.05, 4.69) is 240 Å². The molecule has 0 unspecified atom stereocenters. The van der Waals surface area contributed by atoms with Gasteiger partial charge in [-0.2, -0.15) is 0 Å². The van der Waals surface area contributed by atoms with Crippen LogP contribution in [0.4, 0.5) is 34.1 Å². The van der Waals surface area contributed by atoms with Crippen LogP contribution in [0.25, 0.3) is 76.2 Å². The molecule has 0 aliphatic heterocycles. The highest BCUT2D eigenvalue weighted by atomic mass is 15.2. The average Bonchev–Trinajstić information content (AvgIpc) is 4.06. The normalized spacial score (nSPS) is 12.3. The Morgan fingerprint density at radius 3 is 0.984 bits per heavy atom. The molecule has 0 N–H and O–H groups in total. The summed E-state index contributed by atoms with van der Waals surface area (Å²) in [6.45, 7) is 9.19. The molecular formula is C60H46N4. The minimum Gasteiger partial charge on any atom is -0.310 e. The molecular weight excluding hydrogens is 777 g/mol. The Kier molecular flexibility index (Phi) is 7.96. The van der Waals surface area contributed by atoms with Gasteiger partial charge in [0.2, 0.25) is 0 Å². The van der Waals surface area contributed by atoms with Crippen molar-refractivity contribution < 1.29 is 0 Å². The van der Waals surface area contributed by atoms with Gasteiger partial charge in [0, 0.05) is 65.8 Å². The smallest absolute Gasteiger partial charge is 0.0641 e. The van der Waals surface area contributed by atoms with E-state index in [1.807, 2.05) is 0 Å². The molecule has 64 heavy (non-hydrogen) atoms. The van der Waals surface area contributed by atoms with E-state index in [0.29, 0.717) is 11.8 Å². The van der Waals surface area contributed by atoms with Crippen LogP contribution < -0.4 is 9.80 Å². The monoisotopic (exact) mass is 822 g/mol. The molecule has 9 aromatic carbocycles. The number of para-hydroxylation sites is 4. The van der Waals surface area contributed by atoms with Gasteiger partial charge in [-0.15, -0.1) is 0 Å². The minimum atomic E-state index is 0.401. The first kappa shape index (κ1) is 36.8. The molecule has 13 rings (SSSR count). The molecule has 0 saturated carbocycles. The lowest BCUT2D eigenvalue weighted by Gasteiger charge is -2.26. The maximum absolute atomic E-state index is 2.57. The van der Waals surface area contributed by atoms with E-state index >= 15 is 0 Å². The van der Waals surface area contributed by atoms with Crippen molar-refractivity contribution in [3.63, 3.8) is 0 Å². The van der Waals surface area contributed by atoms with Crippen LogP contribution in [-0.4, -0.2) is 8.80 Å². The number of hydrogen-bond donors (Lipinski definition) is 0. The van der Waals surface area contributed by atoms with Crippen molar-refractivity contribution in [1.82, 2.24) is 8.80 Å². The maximum atomic E-state index is 2.57. The Hall–Kier alpha value is -7.82. The summed E-state index contributed by atoms with van der Waals surface area (Å²) < 4.78 is 5.13. The predicted molar refractivity (Wildman–Crippen MR) is 273 cm³/mol. The number of anilines is 6. The summed E-state index contributed by atoms with van der Waals surface area (Å²) in [5, 5.41) is 10.2. The molecule has 0 saturated heterocycles. The van der Waals surface area contributed by atoms with Gasteiger partial charge in [0.1, 0.15) is 0 Å². The van der Waals surface area contributed by atoms with Crippen molar-refractivity contribution in [2.75, 3.05) is 9.80 Å². The Morgan fingerprint density at radius 2 is 0.656 bits per heavy atom. The molecule has 0 aliphatic carbocycles. The molecule has 0 radical (unpaired) electrons. The second kappa shape index (κ2) is 13.8. The van der Waals surface area contributed by atoms with Crippen molar-refractivity contribution in [2.24, 2.45) is 0 Å². The lowest BCUT2D eigenvalue weighted by Crippen LogP contribution is -2.10. The predicted octanol–water partition coefficient (Wildman–Crippen LogP) is 17.2. The zero-order chi connectivity index (χ0) is 42.8.